The molecule has 1 aliphatic carbocycles. The molecule has 9 nitrogen and oxygen atoms in total. The van der Waals surface area contributed by atoms with E-state index in [0.717, 1.165) is 29.9 Å². The Morgan fingerprint density at radius 2 is 2.00 bits per heavy atom. The van der Waals surface area contributed by atoms with Crippen LogP contribution in [0.25, 0.3) is 0 Å². The van der Waals surface area contributed by atoms with Crippen LogP contribution in [0.5, 0.6) is 17.2 Å². The molecule has 37 heavy (non-hydrogen) atoms. The smallest absolute Gasteiger partial charge is 0.258 e. The number of rotatable bonds is 8. The Hall–Kier alpha value is -3.30. The van der Waals surface area contributed by atoms with Crippen LogP contribution in [0.4, 0.5) is 5.69 Å². The number of aliphatic hydroxyl groups is 1. The van der Waals surface area contributed by atoms with Crippen molar-refractivity contribution in [2.24, 2.45) is 11.8 Å². The van der Waals surface area contributed by atoms with Crippen LogP contribution >= 0.6 is 0 Å². The number of carbonyl (C=O) groups excluding carboxylic acids is 2. The maximum atomic E-state index is 13.6. The van der Waals surface area contributed by atoms with E-state index in [0.29, 0.717) is 36.6 Å². The van der Waals surface area contributed by atoms with Crippen LogP contribution in [0.1, 0.15) is 42.6 Å². The molecular weight excluding hydrogens is 474 g/mol. The number of nitrogens with one attached hydrogen (secondary N) is 1. The number of hydrogen-bond acceptors (Lipinski definition) is 7. The Kier molecular flexibility index (Phi) is 7.26. The number of ether oxygens (including phenoxy) is 3. The molecule has 2 heterocycles. The first-order valence-electron chi connectivity index (χ1n) is 12.9. The zero-order valence-corrected chi connectivity index (χ0v) is 21.6. The summed E-state index contributed by atoms with van der Waals surface area (Å²) in [6.07, 6.45) is 1.50. The van der Waals surface area contributed by atoms with Gasteiger partial charge in [-0.05, 0) is 56.6 Å². The SMILES string of the molecule is C[C@H](CO)N1C[C@H](C)[C@@H](CN(C)Cc2ccc3c(c2)OCO3)Oc2c(NC(=O)C3CC3)cccc2C1=O. The zero-order chi connectivity index (χ0) is 26.1. The van der Waals surface area contributed by atoms with Gasteiger partial charge in [0, 0.05) is 31.5 Å². The van der Waals surface area contributed by atoms with Gasteiger partial charge in [0.15, 0.2) is 17.2 Å². The second-order valence-corrected chi connectivity index (χ2v) is 10.5. The highest BCUT2D eigenvalue weighted by Gasteiger charge is 2.36. The molecule has 0 saturated heterocycles. The molecule has 2 aromatic rings. The lowest BCUT2D eigenvalue weighted by molar-refractivity contribution is -0.117. The number of likely N-dealkylation sites (N-methyl/N-ethyl adjacent to an activating group) is 1. The molecular formula is C28H35N3O6. The number of carbonyl (C=O) groups is 2. The second kappa shape index (κ2) is 10.6. The molecule has 2 amide bonds. The molecule has 1 saturated carbocycles. The highest BCUT2D eigenvalue weighted by molar-refractivity contribution is 6.02. The Balaban J connectivity index is 1.41. The monoisotopic (exact) mass is 509 g/mol. The third kappa shape index (κ3) is 5.52. The van der Waals surface area contributed by atoms with Crippen LogP contribution in [0.2, 0.25) is 0 Å². The van der Waals surface area contributed by atoms with Gasteiger partial charge in [-0.2, -0.15) is 0 Å². The lowest BCUT2D eigenvalue weighted by Gasteiger charge is -2.38. The van der Waals surface area contributed by atoms with Crippen molar-refractivity contribution >= 4 is 17.5 Å². The fraction of sp³-hybridized carbons (Fsp3) is 0.500. The molecule has 198 valence electrons. The van der Waals surface area contributed by atoms with Gasteiger partial charge in [-0.1, -0.05) is 19.1 Å². The Morgan fingerprint density at radius 1 is 1.22 bits per heavy atom. The molecule has 0 spiro atoms. The lowest BCUT2D eigenvalue weighted by atomic mass is 9.98. The van der Waals surface area contributed by atoms with E-state index in [-0.39, 0.29) is 49.2 Å². The van der Waals surface area contributed by atoms with Crippen molar-refractivity contribution in [2.75, 3.05) is 38.9 Å². The predicted octanol–water partition coefficient (Wildman–Crippen LogP) is 3.12. The number of nitrogens with zero attached hydrogens (tertiary/aromatic N) is 2. The Labute approximate surface area is 217 Å². The topological polar surface area (TPSA) is 101 Å². The van der Waals surface area contributed by atoms with Crippen molar-refractivity contribution in [3.63, 3.8) is 0 Å². The number of fused-ring (bicyclic) bond motifs is 2. The van der Waals surface area contributed by atoms with Crippen molar-refractivity contribution in [3.05, 3.63) is 47.5 Å². The predicted molar refractivity (Wildman–Crippen MR) is 138 cm³/mol. The third-order valence-corrected chi connectivity index (χ3v) is 7.28. The summed E-state index contributed by atoms with van der Waals surface area (Å²) in [6.45, 7) is 5.71. The summed E-state index contributed by atoms with van der Waals surface area (Å²) in [5.74, 6) is 1.63. The Bertz CT molecular complexity index is 1170. The van der Waals surface area contributed by atoms with Crippen molar-refractivity contribution in [1.29, 1.82) is 0 Å². The van der Waals surface area contributed by atoms with Crippen LogP contribution in [-0.4, -0.2) is 72.4 Å². The summed E-state index contributed by atoms with van der Waals surface area (Å²) in [7, 11) is 2.03. The highest BCUT2D eigenvalue weighted by atomic mass is 16.7. The van der Waals surface area contributed by atoms with Gasteiger partial charge < -0.3 is 29.5 Å². The van der Waals surface area contributed by atoms with E-state index in [2.05, 4.69) is 17.1 Å². The van der Waals surface area contributed by atoms with E-state index in [4.69, 9.17) is 14.2 Å². The van der Waals surface area contributed by atoms with Gasteiger partial charge in [-0.3, -0.25) is 14.5 Å². The van der Waals surface area contributed by atoms with Crippen LogP contribution in [0, 0.1) is 11.8 Å². The zero-order valence-electron chi connectivity index (χ0n) is 21.6. The molecule has 2 N–H and O–H groups in total. The summed E-state index contributed by atoms with van der Waals surface area (Å²) >= 11 is 0. The largest absolute Gasteiger partial charge is 0.486 e. The van der Waals surface area contributed by atoms with E-state index in [1.54, 1.807) is 23.1 Å². The van der Waals surface area contributed by atoms with E-state index in [1.165, 1.54) is 0 Å². The molecule has 2 aliphatic heterocycles. The van der Waals surface area contributed by atoms with Crippen LogP contribution in [-0.2, 0) is 11.3 Å². The van der Waals surface area contributed by atoms with Gasteiger partial charge >= 0.3 is 0 Å². The molecule has 0 aromatic heterocycles. The summed E-state index contributed by atoms with van der Waals surface area (Å²) in [5, 5.41) is 12.9. The minimum absolute atomic E-state index is 0.0218. The highest BCUT2D eigenvalue weighted by Crippen LogP contribution is 2.37. The van der Waals surface area contributed by atoms with E-state index in [1.807, 2.05) is 32.2 Å². The average molecular weight is 510 g/mol. The summed E-state index contributed by atoms with van der Waals surface area (Å²) in [5.41, 5.74) is 2.00. The number of hydrogen-bond donors (Lipinski definition) is 2. The first-order chi connectivity index (χ1) is 17.8. The fourth-order valence-corrected chi connectivity index (χ4v) is 4.86. The molecule has 1 fully saturated rings. The van der Waals surface area contributed by atoms with Crippen molar-refractivity contribution in [1.82, 2.24) is 9.80 Å². The fourth-order valence-electron chi connectivity index (χ4n) is 4.86. The number of amides is 2. The molecule has 3 atom stereocenters. The first-order valence-corrected chi connectivity index (χ1v) is 12.9. The second-order valence-electron chi connectivity index (χ2n) is 10.5. The lowest BCUT2D eigenvalue weighted by Crippen LogP contribution is -2.49. The summed E-state index contributed by atoms with van der Waals surface area (Å²) in [4.78, 5) is 30.1. The Morgan fingerprint density at radius 3 is 2.76 bits per heavy atom. The minimum atomic E-state index is -0.349. The minimum Gasteiger partial charge on any atom is -0.486 e. The third-order valence-electron chi connectivity index (χ3n) is 7.28. The molecule has 2 aromatic carbocycles. The van der Waals surface area contributed by atoms with Gasteiger partial charge in [0.25, 0.3) is 5.91 Å². The molecule has 5 rings (SSSR count). The average Bonchev–Trinajstić information content (AvgIpc) is 3.64. The normalized spacial score (nSPS) is 21.6. The number of benzene rings is 2. The molecule has 0 unspecified atom stereocenters. The van der Waals surface area contributed by atoms with Crippen molar-refractivity contribution in [2.45, 2.75) is 45.4 Å². The maximum Gasteiger partial charge on any atom is 0.258 e. The van der Waals surface area contributed by atoms with Gasteiger partial charge in [0.05, 0.1) is 23.9 Å². The van der Waals surface area contributed by atoms with Crippen LogP contribution in [0.3, 0.4) is 0 Å². The van der Waals surface area contributed by atoms with E-state index < -0.39 is 0 Å². The molecule has 9 heteroatoms. The van der Waals surface area contributed by atoms with Crippen LogP contribution < -0.4 is 19.5 Å². The van der Waals surface area contributed by atoms with E-state index >= 15 is 0 Å². The summed E-state index contributed by atoms with van der Waals surface area (Å²) in [6, 6.07) is 10.9. The van der Waals surface area contributed by atoms with E-state index in [9.17, 15) is 14.7 Å². The van der Waals surface area contributed by atoms with Gasteiger partial charge in [-0.25, -0.2) is 0 Å². The number of anilines is 1. The maximum absolute atomic E-state index is 13.6. The van der Waals surface area contributed by atoms with Crippen LogP contribution in [0.15, 0.2) is 36.4 Å². The molecule has 3 aliphatic rings. The standard InChI is InChI=1S/C28H35N3O6/c1-17-12-31(18(2)15-32)28(34)21-5-4-6-22(29-27(33)20-8-9-20)26(21)37-25(17)14-30(3)13-19-7-10-23-24(11-19)36-16-35-23/h4-7,10-11,17-18,20,25,32H,8-9,12-16H2,1-3H3,(H,29,33)/t17-,18+,25+/m0/s1. The first kappa shape index (κ1) is 25.4. The van der Waals surface area contributed by atoms with Gasteiger partial charge in [0.2, 0.25) is 12.7 Å². The van der Waals surface area contributed by atoms with Gasteiger partial charge in [-0.15, -0.1) is 0 Å². The number of para-hydroxylation sites is 1. The molecule has 0 radical (unpaired) electrons. The van der Waals surface area contributed by atoms with Crippen molar-refractivity contribution < 1.29 is 28.9 Å². The number of aliphatic hydroxyl groups excluding tert-OH is 1. The summed E-state index contributed by atoms with van der Waals surface area (Å²) < 4.78 is 17.5. The van der Waals surface area contributed by atoms with Crippen molar-refractivity contribution in [3.8, 4) is 17.2 Å². The quantitative estimate of drug-likeness (QED) is 0.564. The van der Waals surface area contributed by atoms with Gasteiger partial charge in [0.1, 0.15) is 6.10 Å². The molecule has 0 bridgehead atoms.